The molecule has 2 unspecified atom stereocenters. The molecule has 0 radical (unpaired) electrons. The fraction of sp³-hybridized carbons (Fsp3) is 0.240. The first kappa shape index (κ1) is 30.2. The van der Waals surface area contributed by atoms with Crippen LogP contribution in [-0.4, -0.2) is 36.3 Å². The minimum absolute atomic E-state index is 0. The molecule has 0 bridgehead atoms. The van der Waals surface area contributed by atoms with Crippen LogP contribution in [0.5, 0.6) is 11.5 Å². The van der Waals surface area contributed by atoms with Crippen LogP contribution >= 0.6 is 0 Å². The minimum atomic E-state index is -2.89. The number of nitrogens with one attached hydrogen (secondary N) is 2. The van der Waals surface area contributed by atoms with E-state index in [1.165, 1.54) is 12.1 Å². The van der Waals surface area contributed by atoms with Crippen LogP contribution in [0.25, 0.3) is 5.57 Å². The van der Waals surface area contributed by atoms with Gasteiger partial charge in [-0.1, -0.05) is 6.07 Å². The number of benzene rings is 2. The molecule has 2 atom stereocenters. The molecule has 0 spiro atoms. The Balaban J connectivity index is 0.00000456. The van der Waals surface area contributed by atoms with Crippen molar-refractivity contribution in [3.63, 3.8) is 0 Å². The molecule has 3 rings (SSSR count). The standard InChI is InChI=1S/C25H28N2O6S2.Na/c1-5-26-22-11-7-18(13-16(22)3)25(19-8-12-23(27-6-2)17(4)14-19)21-10-9-20(32-34(28)29)15-24(21)33-35(30)31;/h7-15,26H,5-6H2,1-4H3,(H,28,29)(H,30,31);/q;+1/p-1. The van der Waals surface area contributed by atoms with E-state index >= 15 is 0 Å². The smallest absolute Gasteiger partial charge is 0.740 e. The Kier molecular flexibility index (Phi) is 11.8. The van der Waals surface area contributed by atoms with E-state index in [2.05, 4.69) is 10.3 Å². The van der Waals surface area contributed by atoms with Gasteiger partial charge in [-0.2, -0.15) is 0 Å². The first-order valence-electron chi connectivity index (χ1n) is 11.0. The summed E-state index contributed by atoms with van der Waals surface area (Å²) in [6.07, 6.45) is 5.93. The minimum Gasteiger partial charge on any atom is -0.740 e. The topological polar surface area (TPSA) is 125 Å². The van der Waals surface area contributed by atoms with Crippen LogP contribution in [0.15, 0.2) is 65.8 Å². The van der Waals surface area contributed by atoms with Gasteiger partial charge in [-0.25, -0.2) is 13.4 Å². The van der Waals surface area contributed by atoms with Crippen molar-refractivity contribution >= 4 is 39.7 Å². The Bertz CT molecular complexity index is 1290. The zero-order valence-corrected chi connectivity index (χ0v) is 24.5. The second-order valence-electron chi connectivity index (χ2n) is 7.73. The van der Waals surface area contributed by atoms with E-state index in [0.717, 1.165) is 52.3 Å². The molecule has 0 heterocycles. The molecular weight excluding hydrogens is 511 g/mol. The van der Waals surface area contributed by atoms with Crippen LogP contribution in [0, 0.1) is 6.92 Å². The van der Waals surface area contributed by atoms with E-state index in [-0.39, 0.29) is 41.1 Å². The third-order valence-electron chi connectivity index (χ3n) is 5.31. The molecule has 0 fully saturated rings. The molecule has 0 amide bonds. The molecule has 1 aliphatic carbocycles. The number of hydrogen-bond acceptors (Lipinski definition) is 7. The fourth-order valence-electron chi connectivity index (χ4n) is 3.88. The Morgan fingerprint density at radius 3 is 2.31 bits per heavy atom. The van der Waals surface area contributed by atoms with Gasteiger partial charge in [0, 0.05) is 35.5 Å². The van der Waals surface area contributed by atoms with Crippen LogP contribution in [0.3, 0.4) is 0 Å². The molecular formula is C25H27N2NaO6S2. The second kappa shape index (κ2) is 14.0. The Morgan fingerprint density at radius 1 is 1.00 bits per heavy atom. The molecule has 2 aromatic rings. The SMILES string of the molecule is CCNc1ccc(C(=C2C=CC(=[NH+]CC)C(C)=C2)c2ccc(OS(=O)[O-])cc2OS(=O)[O-])cc1C.[Na+]. The third-order valence-corrected chi connectivity index (χ3v) is 5.95. The van der Waals surface area contributed by atoms with Crippen LogP contribution in [-0.2, 0) is 22.7 Å². The molecule has 0 aromatic heterocycles. The number of anilines is 1. The zero-order chi connectivity index (χ0) is 25.5. The van der Waals surface area contributed by atoms with Crippen molar-refractivity contribution in [3.8, 4) is 11.5 Å². The normalized spacial score (nSPS) is 17.1. The first-order valence-corrected chi connectivity index (χ1v) is 13.0. The molecule has 1 aliphatic rings. The van der Waals surface area contributed by atoms with Crippen LogP contribution < -0.4 is 48.2 Å². The number of rotatable bonds is 9. The molecule has 0 saturated carbocycles. The molecule has 8 nitrogen and oxygen atoms in total. The molecule has 0 saturated heterocycles. The zero-order valence-electron chi connectivity index (χ0n) is 20.9. The Morgan fingerprint density at radius 2 is 1.72 bits per heavy atom. The van der Waals surface area contributed by atoms with E-state index in [1.807, 2.05) is 64.1 Å². The fourth-order valence-corrected chi connectivity index (χ4v) is 4.42. The van der Waals surface area contributed by atoms with E-state index < -0.39 is 22.7 Å². The van der Waals surface area contributed by atoms with Gasteiger partial charge in [0.1, 0.15) is 35.0 Å². The molecule has 2 N–H and O–H groups in total. The van der Waals surface area contributed by atoms with Crippen molar-refractivity contribution in [3.05, 3.63) is 82.5 Å². The van der Waals surface area contributed by atoms with E-state index in [0.29, 0.717) is 5.56 Å². The summed E-state index contributed by atoms with van der Waals surface area (Å²) < 4.78 is 54.8. The van der Waals surface area contributed by atoms with Gasteiger partial charge in [-0.15, -0.1) is 0 Å². The Hall–Kier alpha value is -2.05. The van der Waals surface area contributed by atoms with Gasteiger partial charge < -0.3 is 22.8 Å². The van der Waals surface area contributed by atoms with Crippen molar-refractivity contribution in [2.45, 2.75) is 27.7 Å². The van der Waals surface area contributed by atoms with Crippen LogP contribution in [0.1, 0.15) is 37.5 Å². The van der Waals surface area contributed by atoms with Crippen LogP contribution in [0.2, 0.25) is 0 Å². The van der Waals surface area contributed by atoms with Crippen molar-refractivity contribution in [2.24, 2.45) is 0 Å². The average Bonchev–Trinajstić information content (AvgIpc) is 2.78. The van der Waals surface area contributed by atoms with Crippen molar-refractivity contribution in [1.29, 1.82) is 0 Å². The van der Waals surface area contributed by atoms with E-state index in [1.54, 1.807) is 6.07 Å². The quantitative estimate of drug-likeness (QED) is 0.330. The van der Waals surface area contributed by atoms with Gasteiger partial charge in [0.05, 0.1) is 0 Å². The van der Waals surface area contributed by atoms with Crippen LogP contribution in [0.4, 0.5) is 5.69 Å². The predicted molar refractivity (Wildman–Crippen MR) is 136 cm³/mol. The van der Waals surface area contributed by atoms with Crippen molar-refractivity contribution < 1.29 is 60.4 Å². The first-order chi connectivity index (χ1) is 16.7. The number of allylic oxidation sites excluding steroid dienone is 5. The van der Waals surface area contributed by atoms with E-state index in [4.69, 9.17) is 8.37 Å². The van der Waals surface area contributed by atoms with Gasteiger partial charge in [-0.3, -0.25) is 0 Å². The molecule has 186 valence electrons. The van der Waals surface area contributed by atoms with Gasteiger partial charge in [0.15, 0.2) is 5.75 Å². The monoisotopic (exact) mass is 538 g/mol. The molecule has 36 heavy (non-hydrogen) atoms. The summed E-state index contributed by atoms with van der Waals surface area (Å²) in [4.78, 5) is 3.32. The number of hydrogen-bond donors (Lipinski definition) is 2. The molecule has 2 aromatic carbocycles. The van der Waals surface area contributed by atoms with Gasteiger partial charge in [0.25, 0.3) is 0 Å². The maximum Gasteiger partial charge on any atom is 1.00 e. The third kappa shape index (κ3) is 7.72. The summed E-state index contributed by atoms with van der Waals surface area (Å²) in [5.74, 6) is -0.127. The summed E-state index contributed by atoms with van der Waals surface area (Å²) >= 11 is -5.71. The van der Waals surface area contributed by atoms with Gasteiger partial charge in [-0.05, 0) is 86.4 Å². The molecule has 0 aliphatic heterocycles. The summed E-state index contributed by atoms with van der Waals surface area (Å²) in [7, 11) is 0. The molecule has 11 heteroatoms. The summed E-state index contributed by atoms with van der Waals surface area (Å²) in [5, 5.41) is 3.32. The maximum absolute atomic E-state index is 11.5. The summed E-state index contributed by atoms with van der Waals surface area (Å²) in [5.41, 5.74) is 6.87. The van der Waals surface area contributed by atoms with Crippen molar-refractivity contribution in [1.82, 2.24) is 0 Å². The Labute approximate surface area is 238 Å². The van der Waals surface area contributed by atoms with E-state index in [9.17, 15) is 17.5 Å². The summed E-state index contributed by atoms with van der Waals surface area (Å²) in [6, 6.07) is 10.2. The average molecular weight is 539 g/mol. The second-order valence-corrected chi connectivity index (χ2v) is 8.88. The van der Waals surface area contributed by atoms with Gasteiger partial charge >= 0.3 is 29.6 Å². The largest absolute Gasteiger partial charge is 1.00 e. The number of aryl methyl sites for hydroxylation is 1. The predicted octanol–water partition coefficient (Wildman–Crippen LogP) is -0.364. The maximum atomic E-state index is 11.5. The summed E-state index contributed by atoms with van der Waals surface area (Å²) in [6.45, 7) is 9.57. The van der Waals surface area contributed by atoms with Crippen molar-refractivity contribution in [2.75, 3.05) is 18.4 Å². The van der Waals surface area contributed by atoms with Gasteiger partial charge in [0.2, 0.25) is 5.71 Å².